The summed E-state index contributed by atoms with van der Waals surface area (Å²) in [6.07, 6.45) is 6.84. The third kappa shape index (κ3) is 5.98. The van der Waals surface area contributed by atoms with Crippen molar-refractivity contribution < 1.29 is 22.3 Å². The van der Waals surface area contributed by atoms with Crippen LogP contribution in [0.15, 0.2) is 6.07 Å². The number of rotatable bonds is 11. The maximum atomic E-state index is 14.3. The molecule has 0 heterocycles. The predicted octanol–water partition coefficient (Wildman–Crippen LogP) is 6.89. The molecule has 0 aliphatic heterocycles. The zero-order valence-electron chi connectivity index (χ0n) is 15.7. The number of hydrogen-bond donors (Lipinski definition) is 0. The van der Waals surface area contributed by atoms with E-state index in [4.69, 9.17) is 4.74 Å². The van der Waals surface area contributed by atoms with Gasteiger partial charge < -0.3 is 4.74 Å². The second-order valence-electron chi connectivity index (χ2n) is 7.04. The highest BCUT2D eigenvalue weighted by molar-refractivity contribution is 5.27. The van der Waals surface area contributed by atoms with Gasteiger partial charge in [0, 0.05) is 12.5 Å². The quantitative estimate of drug-likeness (QED) is 0.180. The standard InChI is InChI=1S/C20H30F4O/c1-5-7-8-9-10-11-12-15(20(3,4)25-6-2)14-13-16(21)18(23)19(24)17(14)22/h13,15H,5-12H2,1-4H3. The highest BCUT2D eigenvalue weighted by atomic mass is 19.2. The molecule has 0 aliphatic rings. The van der Waals surface area contributed by atoms with Crippen LogP contribution < -0.4 is 0 Å². The molecule has 25 heavy (non-hydrogen) atoms. The Bertz CT molecular complexity index is 543. The SMILES string of the molecule is CCCCCCCCC(c1cc(F)c(F)c(F)c1F)C(C)(C)OCC. The van der Waals surface area contributed by atoms with E-state index in [1.807, 2.05) is 6.92 Å². The first-order valence-electron chi connectivity index (χ1n) is 9.23. The van der Waals surface area contributed by atoms with Gasteiger partial charge in [-0.3, -0.25) is 0 Å². The highest BCUT2D eigenvalue weighted by Crippen LogP contribution is 2.38. The molecule has 0 radical (unpaired) electrons. The summed E-state index contributed by atoms with van der Waals surface area (Å²) in [5.41, 5.74) is -0.959. The van der Waals surface area contributed by atoms with E-state index in [0.29, 0.717) is 13.0 Å². The van der Waals surface area contributed by atoms with Crippen molar-refractivity contribution in [2.24, 2.45) is 0 Å². The number of halogens is 4. The summed E-state index contributed by atoms with van der Waals surface area (Å²) in [4.78, 5) is 0. The van der Waals surface area contributed by atoms with Crippen molar-refractivity contribution in [1.82, 2.24) is 0 Å². The fourth-order valence-electron chi connectivity index (χ4n) is 3.32. The molecule has 5 heteroatoms. The zero-order valence-corrected chi connectivity index (χ0v) is 15.7. The smallest absolute Gasteiger partial charge is 0.197 e. The lowest BCUT2D eigenvalue weighted by molar-refractivity contribution is -0.0344. The Balaban J connectivity index is 3.00. The normalized spacial score (nSPS) is 13.3. The Kier molecular flexibility index (Phi) is 8.91. The van der Waals surface area contributed by atoms with Gasteiger partial charge in [-0.05, 0) is 38.8 Å². The molecule has 0 saturated carbocycles. The molecule has 0 N–H and O–H groups in total. The molecule has 1 aromatic carbocycles. The van der Waals surface area contributed by atoms with E-state index >= 15 is 0 Å². The van der Waals surface area contributed by atoms with Crippen LogP contribution >= 0.6 is 0 Å². The van der Waals surface area contributed by atoms with Gasteiger partial charge in [-0.2, -0.15) is 0 Å². The van der Waals surface area contributed by atoms with Crippen molar-refractivity contribution in [3.8, 4) is 0 Å². The Morgan fingerprint density at radius 1 is 0.880 bits per heavy atom. The lowest BCUT2D eigenvalue weighted by Gasteiger charge is -2.35. The van der Waals surface area contributed by atoms with Crippen LogP contribution in [0.5, 0.6) is 0 Å². The Morgan fingerprint density at radius 2 is 1.48 bits per heavy atom. The van der Waals surface area contributed by atoms with Crippen LogP contribution in [0.2, 0.25) is 0 Å². The maximum absolute atomic E-state index is 14.3. The molecule has 1 nitrogen and oxygen atoms in total. The first kappa shape index (κ1) is 21.9. The Hall–Kier alpha value is -1.10. The summed E-state index contributed by atoms with van der Waals surface area (Å²) in [7, 11) is 0. The fraction of sp³-hybridized carbons (Fsp3) is 0.700. The summed E-state index contributed by atoms with van der Waals surface area (Å²) < 4.78 is 60.6. The molecule has 0 amide bonds. The molecule has 1 atom stereocenters. The van der Waals surface area contributed by atoms with Gasteiger partial charge in [0.1, 0.15) is 0 Å². The first-order chi connectivity index (χ1) is 11.8. The van der Waals surface area contributed by atoms with Crippen LogP contribution in [0.25, 0.3) is 0 Å². The second kappa shape index (κ2) is 10.1. The number of hydrogen-bond acceptors (Lipinski definition) is 1. The van der Waals surface area contributed by atoms with Crippen LogP contribution in [0.3, 0.4) is 0 Å². The van der Waals surface area contributed by atoms with Gasteiger partial charge >= 0.3 is 0 Å². The number of unbranched alkanes of at least 4 members (excludes halogenated alkanes) is 5. The lowest BCUT2D eigenvalue weighted by atomic mass is 9.80. The summed E-state index contributed by atoms with van der Waals surface area (Å²) in [6, 6.07) is 0.774. The average molecular weight is 362 g/mol. The van der Waals surface area contributed by atoms with Crippen LogP contribution in [-0.2, 0) is 4.74 Å². The summed E-state index contributed by atoms with van der Waals surface area (Å²) in [5, 5.41) is 0. The highest BCUT2D eigenvalue weighted by Gasteiger charge is 2.35. The maximum Gasteiger partial charge on any atom is 0.197 e. The molecule has 0 saturated heterocycles. The van der Waals surface area contributed by atoms with Crippen molar-refractivity contribution in [3.05, 3.63) is 34.9 Å². The van der Waals surface area contributed by atoms with Crippen molar-refractivity contribution in [2.75, 3.05) is 6.61 Å². The van der Waals surface area contributed by atoms with E-state index in [-0.39, 0.29) is 5.56 Å². The largest absolute Gasteiger partial charge is 0.375 e. The molecular formula is C20H30F4O. The molecule has 1 aromatic rings. The summed E-state index contributed by atoms with van der Waals surface area (Å²) in [6.45, 7) is 7.90. The lowest BCUT2D eigenvalue weighted by Crippen LogP contribution is -2.34. The van der Waals surface area contributed by atoms with Crippen LogP contribution in [0.4, 0.5) is 17.6 Å². The topological polar surface area (TPSA) is 9.23 Å². The number of benzene rings is 1. The van der Waals surface area contributed by atoms with E-state index in [1.165, 1.54) is 6.42 Å². The minimum atomic E-state index is -1.77. The second-order valence-corrected chi connectivity index (χ2v) is 7.04. The van der Waals surface area contributed by atoms with Gasteiger partial charge in [0.15, 0.2) is 23.3 Å². The Labute approximate surface area is 148 Å². The van der Waals surface area contributed by atoms with Gasteiger partial charge in [-0.1, -0.05) is 45.4 Å². The van der Waals surface area contributed by atoms with E-state index < -0.39 is 34.8 Å². The van der Waals surface area contributed by atoms with Gasteiger partial charge in [0.05, 0.1) is 5.60 Å². The third-order valence-electron chi connectivity index (χ3n) is 4.71. The van der Waals surface area contributed by atoms with E-state index in [1.54, 1.807) is 13.8 Å². The summed E-state index contributed by atoms with van der Waals surface area (Å²) >= 11 is 0. The first-order valence-corrected chi connectivity index (χ1v) is 9.23. The molecule has 0 aliphatic carbocycles. The van der Waals surface area contributed by atoms with Gasteiger partial charge in [-0.15, -0.1) is 0 Å². The molecule has 1 rings (SSSR count). The molecule has 0 spiro atoms. The van der Waals surface area contributed by atoms with Crippen molar-refractivity contribution in [2.45, 2.75) is 84.2 Å². The monoisotopic (exact) mass is 362 g/mol. The fourth-order valence-corrected chi connectivity index (χ4v) is 3.32. The van der Waals surface area contributed by atoms with E-state index in [9.17, 15) is 17.6 Å². The van der Waals surface area contributed by atoms with Gasteiger partial charge in [0.2, 0.25) is 0 Å². The average Bonchev–Trinajstić information content (AvgIpc) is 2.56. The van der Waals surface area contributed by atoms with E-state index in [2.05, 4.69) is 6.92 Å². The molecule has 144 valence electrons. The minimum Gasteiger partial charge on any atom is -0.375 e. The minimum absolute atomic E-state index is 0.150. The van der Waals surface area contributed by atoms with Crippen molar-refractivity contribution in [1.29, 1.82) is 0 Å². The molecule has 0 fully saturated rings. The van der Waals surface area contributed by atoms with Crippen molar-refractivity contribution in [3.63, 3.8) is 0 Å². The van der Waals surface area contributed by atoms with Crippen LogP contribution in [0.1, 0.15) is 84.1 Å². The molecule has 0 aromatic heterocycles. The predicted molar refractivity (Wildman–Crippen MR) is 92.7 cm³/mol. The molecular weight excluding hydrogens is 332 g/mol. The molecule has 1 unspecified atom stereocenters. The van der Waals surface area contributed by atoms with Gasteiger partial charge in [0.25, 0.3) is 0 Å². The van der Waals surface area contributed by atoms with Crippen molar-refractivity contribution >= 4 is 0 Å². The number of ether oxygens (including phenoxy) is 1. The van der Waals surface area contributed by atoms with Gasteiger partial charge in [-0.25, -0.2) is 17.6 Å². The Morgan fingerprint density at radius 3 is 2.08 bits per heavy atom. The zero-order chi connectivity index (χ0) is 19.0. The third-order valence-corrected chi connectivity index (χ3v) is 4.71. The van der Waals surface area contributed by atoms with Crippen LogP contribution in [-0.4, -0.2) is 12.2 Å². The summed E-state index contributed by atoms with van der Waals surface area (Å²) in [5.74, 6) is -6.76. The molecule has 0 bridgehead atoms. The van der Waals surface area contributed by atoms with E-state index in [0.717, 1.165) is 38.2 Å². The van der Waals surface area contributed by atoms with Crippen LogP contribution in [0, 0.1) is 23.3 Å².